The number of imidazole rings is 1. The lowest BCUT2D eigenvalue weighted by Crippen LogP contribution is -2.37. The van der Waals surface area contributed by atoms with Gasteiger partial charge < -0.3 is 9.36 Å². The van der Waals surface area contributed by atoms with Crippen molar-refractivity contribution in [2.45, 2.75) is 30.7 Å². The van der Waals surface area contributed by atoms with E-state index in [0.717, 1.165) is 41.5 Å². The maximum Gasteiger partial charge on any atom is 0.132 e. The maximum absolute atomic E-state index is 12.1. The normalized spacial score (nSPS) is 15.9. The summed E-state index contributed by atoms with van der Waals surface area (Å²) in [5.41, 5.74) is 3.16. The van der Waals surface area contributed by atoms with Crippen molar-refractivity contribution in [3.8, 4) is 0 Å². The molecular weight excluding hydrogens is 380 g/mol. The van der Waals surface area contributed by atoms with Crippen molar-refractivity contribution in [3.05, 3.63) is 126 Å². The highest BCUT2D eigenvalue weighted by Gasteiger charge is 2.46. The molecule has 3 aromatic carbocycles. The molecule has 0 bridgehead atoms. The van der Waals surface area contributed by atoms with Crippen molar-refractivity contribution in [1.29, 1.82) is 0 Å². The van der Waals surface area contributed by atoms with Crippen molar-refractivity contribution >= 4 is 6.29 Å². The summed E-state index contributed by atoms with van der Waals surface area (Å²) in [4.78, 5) is 16.9. The zero-order valence-corrected chi connectivity index (χ0v) is 17.7. The summed E-state index contributed by atoms with van der Waals surface area (Å²) in [5.74, 6) is 0.382. The number of nitrogens with zero attached hydrogens (tertiary/aromatic N) is 2. The van der Waals surface area contributed by atoms with Crippen molar-refractivity contribution < 1.29 is 4.79 Å². The van der Waals surface area contributed by atoms with Crippen molar-refractivity contribution in [3.63, 3.8) is 0 Å². The van der Waals surface area contributed by atoms with Crippen LogP contribution in [0.15, 0.2) is 104 Å². The van der Waals surface area contributed by atoms with Crippen molar-refractivity contribution in [1.82, 2.24) is 9.55 Å². The average molecular weight is 407 g/mol. The minimum atomic E-state index is -0.595. The average Bonchev–Trinajstić information content (AvgIpc) is 3.59. The van der Waals surface area contributed by atoms with E-state index in [1.807, 2.05) is 31.5 Å². The molecule has 1 aliphatic rings. The smallest absolute Gasteiger partial charge is 0.132 e. The Morgan fingerprint density at radius 2 is 1.26 bits per heavy atom. The minimum absolute atomic E-state index is 0.382. The van der Waals surface area contributed by atoms with Gasteiger partial charge in [-0.3, -0.25) is 0 Å². The molecule has 1 saturated carbocycles. The van der Waals surface area contributed by atoms with Gasteiger partial charge in [0.15, 0.2) is 0 Å². The van der Waals surface area contributed by atoms with E-state index in [9.17, 15) is 4.79 Å². The fraction of sp³-hybridized carbons (Fsp3) is 0.214. The van der Waals surface area contributed by atoms with Crippen molar-refractivity contribution in [2.24, 2.45) is 5.92 Å². The number of benzene rings is 3. The van der Waals surface area contributed by atoms with Crippen LogP contribution in [-0.4, -0.2) is 15.8 Å². The molecule has 4 aromatic rings. The molecule has 31 heavy (non-hydrogen) atoms. The van der Waals surface area contributed by atoms with Crippen LogP contribution in [0.25, 0.3) is 0 Å². The SMILES string of the molecule is CC(C=O)(c1cn(C(c2ccccc2)(c2ccccc2)c2ccccc2)cn1)C1CC1. The Balaban J connectivity index is 1.80. The molecule has 1 fully saturated rings. The van der Waals surface area contributed by atoms with Crippen LogP contribution in [0.5, 0.6) is 0 Å². The first kappa shape index (κ1) is 19.5. The summed E-state index contributed by atoms with van der Waals surface area (Å²) >= 11 is 0. The van der Waals surface area contributed by atoms with Crippen LogP contribution < -0.4 is 0 Å². The van der Waals surface area contributed by atoms with Gasteiger partial charge in [0.25, 0.3) is 0 Å². The molecule has 0 N–H and O–H groups in total. The quantitative estimate of drug-likeness (QED) is 0.296. The van der Waals surface area contributed by atoms with Crippen LogP contribution in [0.4, 0.5) is 0 Å². The Morgan fingerprint density at radius 3 is 1.65 bits per heavy atom. The molecule has 0 amide bonds. The number of carbonyl (C=O) groups is 1. The molecule has 1 heterocycles. The van der Waals surface area contributed by atoms with Crippen LogP contribution in [0.1, 0.15) is 42.1 Å². The van der Waals surface area contributed by atoms with Gasteiger partial charge >= 0.3 is 0 Å². The summed E-state index contributed by atoms with van der Waals surface area (Å²) in [6.07, 6.45) is 7.24. The van der Waals surface area contributed by atoms with Crippen LogP contribution in [0.3, 0.4) is 0 Å². The third kappa shape index (κ3) is 3.12. The largest absolute Gasteiger partial charge is 0.319 e. The maximum atomic E-state index is 12.1. The Morgan fingerprint density at radius 1 is 0.806 bits per heavy atom. The number of carbonyl (C=O) groups excluding carboxylic acids is 1. The Hall–Kier alpha value is -3.46. The lowest BCUT2D eigenvalue weighted by Gasteiger charge is -2.37. The van der Waals surface area contributed by atoms with Gasteiger partial charge in [0, 0.05) is 6.20 Å². The monoisotopic (exact) mass is 406 g/mol. The molecule has 3 heteroatoms. The van der Waals surface area contributed by atoms with Crippen LogP contribution in [-0.2, 0) is 15.7 Å². The van der Waals surface area contributed by atoms with E-state index in [4.69, 9.17) is 4.98 Å². The standard InChI is InChI=1S/C28H26N2O/c1-27(20-31,22-17-18-22)26-19-30(21-29-26)28(23-11-5-2-6-12-23,24-13-7-3-8-14-24)25-15-9-4-10-16-25/h2-16,19-22H,17-18H2,1H3. The van der Waals surface area contributed by atoms with Crippen molar-refractivity contribution in [2.75, 3.05) is 0 Å². The van der Waals surface area contributed by atoms with Gasteiger partial charge in [-0.05, 0) is 42.4 Å². The van der Waals surface area contributed by atoms with E-state index in [1.54, 1.807) is 0 Å². The predicted molar refractivity (Wildman–Crippen MR) is 123 cm³/mol. The van der Waals surface area contributed by atoms with E-state index < -0.39 is 11.0 Å². The second-order valence-electron chi connectivity index (χ2n) is 8.65. The topological polar surface area (TPSA) is 34.9 Å². The zero-order valence-electron chi connectivity index (χ0n) is 17.7. The first-order valence-corrected chi connectivity index (χ1v) is 10.9. The highest BCUT2D eigenvalue weighted by Crippen LogP contribution is 2.47. The Labute approximate surface area is 183 Å². The second-order valence-corrected chi connectivity index (χ2v) is 8.65. The molecule has 1 atom stereocenters. The van der Waals surface area contributed by atoms with Gasteiger partial charge in [0.1, 0.15) is 11.8 Å². The molecule has 3 nitrogen and oxygen atoms in total. The van der Waals surface area contributed by atoms with Gasteiger partial charge in [-0.1, -0.05) is 91.0 Å². The number of aldehydes is 1. The number of rotatable bonds is 7. The molecule has 1 aliphatic carbocycles. The minimum Gasteiger partial charge on any atom is -0.319 e. The first-order valence-electron chi connectivity index (χ1n) is 10.9. The fourth-order valence-electron chi connectivity index (χ4n) is 4.82. The van der Waals surface area contributed by atoms with Gasteiger partial charge in [-0.25, -0.2) is 4.98 Å². The molecule has 0 spiro atoms. The molecule has 0 saturated heterocycles. The van der Waals surface area contributed by atoms with Gasteiger partial charge in [-0.15, -0.1) is 0 Å². The van der Waals surface area contributed by atoms with Crippen LogP contribution >= 0.6 is 0 Å². The Bertz CT molecular complexity index is 1070. The predicted octanol–water partition coefficient (Wildman–Crippen LogP) is 5.59. The molecule has 154 valence electrons. The first-order chi connectivity index (χ1) is 15.2. The molecule has 0 aliphatic heterocycles. The van der Waals surface area contributed by atoms with Gasteiger partial charge in [0.2, 0.25) is 0 Å². The summed E-state index contributed by atoms with van der Waals surface area (Å²) in [6.45, 7) is 2.03. The van der Waals surface area contributed by atoms with E-state index in [0.29, 0.717) is 5.92 Å². The van der Waals surface area contributed by atoms with E-state index >= 15 is 0 Å². The highest BCUT2D eigenvalue weighted by molar-refractivity contribution is 5.68. The second kappa shape index (κ2) is 7.66. The summed E-state index contributed by atoms with van der Waals surface area (Å²) < 4.78 is 2.19. The third-order valence-electron chi connectivity index (χ3n) is 6.77. The molecule has 0 radical (unpaired) electrons. The number of hydrogen-bond donors (Lipinski definition) is 0. The lowest BCUT2D eigenvalue weighted by molar-refractivity contribution is -0.112. The van der Waals surface area contributed by atoms with Crippen LogP contribution in [0.2, 0.25) is 0 Å². The highest BCUT2D eigenvalue weighted by atomic mass is 16.1. The number of aromatic nitrogens is 2. The Kier molecular flexibility index (Phi) is 4.82. The third-order valence-corrected chi connectivity index (χ3v) is 6.77. The number of hydrogen-bond acceptors (Lipinski definition) is 2. The zero-order chi connectivity index (χ0) is 21.3. The fourth-order valence-corrected chi connectivity index (χ4v) is 4.82. The summed E-state index contributed by atoms with van der Waals surface area (Å²) in [6, 6.07) is 31.6. The molecule has 1 unspecified atom stereocenters. The molecule has 5 rings (SSSR count). The van der Waals surface area contributed by atoms with E-state index in [2.05, 4.69) is 83.6 Å². The van der Waals surface area contributed by atoms with Gasteiger partial charge in [0.05, 0.1) is 17.4 Å². The van der Waals surface area contributed by atoms with Crippen LogP contribution in [0, 0.1) is 5.92 Å². The van der Waals surface area contributed by atoms with E-state index in [-0.39, 0.29) is 0 Å². The summed E-state index contributed by atoms with van der Waals surface area (Å²) in [5, 5.41) is 0. The lowest BCUT2D eigenvalue weighted by atomic mass is 9.76. The summed E-state index contributed by atoms with van der Waals surface area (Å²) in [7, 11) is 0. The van der Waals surface area contributed by atoms with E-state index in [1.165, 1.54) is 0 Å². The molecular formula is C28H26N2O. The van der Waals surface area contributed by atoms with Gasteiger partial charge in [-0.2, -0.15) is 0 Å². The molecule has 1 aromatic heterocycles.